The second-order valence-electron chi connectivity index (χ2n) is 5.96. The maximum atomic E-state index is 12.2. The van der Waals surface area contributed by atoms with Crippen LogP contribution >= 0.6 is 0 Å². The summed E-state index contributed by atoms with van der Waals surface area (Å²) in [6, 6.07) is 0. The largest absolute Gasteiger partial charge is 0.342 e. The highest BCUT2D eigenvalue weighted by atomic mass is 16.2. The first-order valence-electron chi connectivity index (χ1n) is 6.14. The smallest absolute Gasteiger partial charge is 0.228 e. The van der Waals surface area contributed by atoms with E-state index in [9.17, 15) is 4.79 Å². The normalized spacial score (nSPS) is 37.5. The molecule has 2 heterocycles. The second-order valence-corrected chi connectivity index (χ2v) is 5.96. The van der Waals surface area contributed by atoms with Gasteiger partial charge in [0.25, 0.3) is 0 Å². The molecule has 0 aromatic heterocycles. The number of likely N-dealkylation sites (tertiary alicyclic amines) is 1. The molecule has 1 spiro atoms. The predicted molar refractivity (Wildman–Crippen MR) is 58.5 cm³/mol. The van der Waals surface area contributed by atoms with Gasteiger partial charge in [-0.05, 0) is 32.2 Å². The summed E-state index contributed by atoms with van der Waals surface area (Å²) >= 11 is 0. The highest BCUT2D eigenvalue weighted by Gasteiger charge is 2.50. The fraction of sp³-hybridized carbons (Fsp3) is 0.917. The van der Waals surface area contributed by atoms with Crippen molar-refractivity contribution < 1.29 is 4.79 Å². The predicted octanol–water partition coefficient (Wildman–Crippen LogP) is 0.998. The van der Waals surface area contributed by atoms with Crippen molar-refractivity contribution >= 4 is 5.91 Å². The van der Waals surface area contributed by atoms with E-state index in [1.165, 1.54) is 12.8 Å². The number of hydrogen-bond donors (Lipinski definition) is 1. The molecule has 0 bridgehead atoms. The standard InChI is InChI=1S/C12H20N2O/c1-11(2-3-11)10(15)14-7-5-12(9-14)4-6-13-8-12/h13H,2-9H2,1H3. The fourth-order valence-electron chi connectivity index (χ4n) is 3.04. The first-order chi connectivity index (χ1) is 7.14. The molecule has 84 valence electrons. The highest BCUT2D eigenvalue weighted by molar-refractivity contribution is 5.85. The lowest BCUT2D eigenvalue weighted by atomic mass is 9.86. The molecule has 3 aliphatic rings. The van der Waals surface area contributed by atoms with E-state index in [0.717, 1.165) is 39.0 Å². The average molecular weight is 208 g/mol. The molecular weight excluding hydrogens is 188 g/mol. The van der Waals surface area contributed by atoms with Crippen LogP contribution < -0.4 is 5.32 Å². The van der Waals surface area contributed by atoms with Crippen LogP contribution in [0, 0.1) is 10.8 Å². The van der Waals surface area contributed by atoms with Crippen molar-refractivity contribution in [2.75, 3.05) is 26.2 Å². The summed E-state index contributed by atoms with van der Waals surface area (Å²) in [6.07, 6.45) is 4.68. The molecule has 3 heteroatoms. The van der Waals surface area contributed by atoms with E-state index in [4.69, 9.17) is 0 Å². The molecule has 3 rings (SSSR count). The number of rotatable bonds is 1. The van der Waals surface area contributed by atoms with Crippen molar-refractivity contribution in [2.24, 2.45) is 10.8 Å². The Hall–Kier alpha value is -0.570. The van der Waals surface area contributed by atoms with E-state index in [1.54, 1.807) is 0 Å². The van der Waals surface area contributed by atoms with Gasteiger partial charge in [-0.2, -0.15) is 0 Å². The molecule has 15 heavy (non-hydrogen) atoms. The maximum Gasteiger partial charge on any atom is 0.228 e. The molecule has 1 N–H and O–H groups in total. The molecule has 2 saturated heterocycles. The van der Waals surface area contributed by atoms with Gasteiger partial charge in [-0.3, -0.25) is 4.79 Å². The van der Waals surface area contributed by atoms with Crippen LogP contribution in [0.2, 0.25) is 0 Å². The van der Waals surface area contributed by atoms with Crippen LogP contribution in [0.3, 0.4) is 0 Å². The Morgan fingerprint density at radius 3 is 2.67 bits per heavy atom. The lowest BCUT2D eigenvalue weighted by Gasteiger charge is -2.24. The zero-order valence-electron chi connectivity index (χ0n) is 9.51. The Bertz CT molecular complexity index is 290. The molecule has 1 atom stereocenters. The van der Waals surface area contributed by atoms with Crippen molar-refractivity contribution in [3.05, 3.63) is 0 Å². The number of amides is 1. The number of carbonyl (C=O) groups excluding carboxylic acids is 1. The monoisotopic (exact) mass is 208 g/mol. The minimum Gasteiger partial charge on any atom is -0.342 e. The van der Waals surface area contributed by atoms with Gasteiger partial charge in [-0.15, -0.1) is 0 Å². The van der Waals surface area contributed by atoms with E-state index < -0.39 is 0 Å². The number of hydrogen-bond acceptors (Lipinski definition) is 2. The van der Waals surface area contributed by atoms with Crippen LogP contribution in [0.25, 0.3) is 0 Å². The van der Waals surface area contributed by atoms with Gasteiger partial charge in [-0.1, -0.05) is 6.92 Å². The maximum absolute atomic E-state index is 12.2. The van der Waals surface area contributed by atoms with Crippen molar-refractivity contribution in [3.8, 4) is 0 Å². The van der Waals surface area contributed by atoms with Crippen molar-refractivity contribution in [1.29, 1.82) is 0 Å². The summed E-state index contributed by atoms with van der Waals surface area (Å²) in [4.78, 5) is 14.3. The van der Waals surface area contributed by atoms with E-state index in [-0.39, 0.29) is 5.41 Å². The zero-order chi connectivity index (χ0) is 10.5. The van der Waals surface area contributed by atoms with E-state index >= 15 is 0 Å². The van der Waals surface area contributed by atoms with Crippen LogP contribution in [0.5, 0.6) is 0 Å². The van der Waals surface area contributed by atoms with Crippen molar-refractivity contribution in [1.82, 2.24) is 10.2 Å². The summed E-state index contributed by atoms with van der Waals surface area (Å²) in [5.74, 6) is 0.422. The zero-order valence-corrected chi connectivity index (χ0v) is 9.51. The minimum absolute atomic E-state index is 0.0254. The van der Waals surface area contributed by atoms with Gasteiger partial charge in [0.1, 0.15) is 0 Å². The third kappa shape index (κ3) is 1.48. The van der Waals surface area contributed by atoms with Gasteiger partial charge in [0.15, 0.2) is 0 Å². The first kappa shape index (κ1) is 9.64. The number of nitrogens with zero attached hydrogens (tertiary/aromatic N) is 1. The molecule has 0 aromatic carbocycles. The number of carbonyl (C=O) groups is 1. The van der Waals surface area contributed by atoms with Crippen LogP contribution in [-0.4, -0.2) is 37.0 Å². The van der Waals surface area contributed by atoms with E-state index in [2.05, 4.69) is 17.1 Å². The van der Waals surface area contributed by atoms with Gasteiger partial charge in [0.2, 0.25) is 5.91 Å². The summed E-state index contributed by atoms with van der Waals surface area (Å²) < 4.78 is 0. The first-order valence-corrected chi connectivity index (χ1v) is 6.14. The molecule has 1 saturated carbocycles. The summed E-state index contributed by atoms with van der Waals surface area (Å²) in [6.45, 7) is 6.38. The summed E-state index contributed by atoms with van der Waals surface area (Å²) in [5, 5.41) is 3.43. The minimum atomic E-state index is 0.0254. The quantitative estimate of drug-likeness (QED) is 0.697. The van der Waals surface area contributed by atoms with Gasteiger partial charge in [0.05, 0.1) is 0 Å². The lowest BCUT2D eigenvalue weighted by Crippen LogP contribution is -2.37. The molecular formula is C12H20N2O. The Balaban J connectivity index is 1.68. The summed E-state index contributed by atoms with van der Waals surface area (Å²) in [7, 11) is 0. The van der Waals surface area contributed by atoms with Crippen LogP contribution in [0.4, 0.5) is 0 Å². The summed E-state index contributed by atoms with van der Waals surface area (Å²) in [5.41, 5.74) is 0.457. The Morgan fingerprint density at radius 1 is 1.27 bits per heavy atom. The van der Waals surface area contributed by atoms with Crippen LogP contribution in [-0.2, 0) is 4.79 Å². The Labute approximate surface area is 91.2 Å². The topological polar surface area (TPSA) is 32.3 Å². The van der Waals surface area contributed by atoms with E-state index in [1.807, 2.05) is 0 Å². The lowest BCUT2D eigenvalue weighted by molar-refractivity contribution is -0.135. The Morgan fingerprint density at radius 2 is 2.07 bits per heavy atom. The molecule has 3 fully saturated rings. The van der Waals surface area contributed by atoms with Crippen LogP contribution in [0.15, 0.2) is 0 Å². The van der Waals surface area contributed by atoms with Crippen molar-refractivity contribution in [3.63, 3.8) is 0 Å². The van der Waals surface area contributed by atoms with Gasteiger partial charge < -0.3 is 10.2 Å². The Kier molecular flexibility index (Phi) is 1.91. The van der Waals surface area contributed by atoms with Gasteiger partial charge >= 0.3 is 0 Å². The second kappa shape index (κ2) is 2.97. The molecule has 3 nitrogen and oxygen atoms in total. The molecule has 1 amide bonds. The third-order valence-corrected chi connectivity index (χ3v) is 4.57. The molecule has 1 aliphatic carbocycles. The SMILES string of the molecule is CC1(C(=O)N2CCC3(CCNC3)C2)CC1. The van der Waals surface area contributed by atoms with Gasteiger partial charge in [-0.25, -0.2) is 0 Å². The highest BCUT2D eigenvalue weighted by Crippen LogP contribution is 2.48. The molecule has 1 unspecified atom stereocenters. The van der Waals surface area contributed by atoms with Gasteiger partial charge in [0, 0.05) is 30.5 Å². The molecule has 2 aliphatic heterocycles. The van der Waals surface area contributed by atoms with E-state index in [0.29, 0.717) is 11.3 Å². The molecule has 0 aromatic rings. The van der Waals surface area contributed by atoms with Crippen molar-refractivity contribution in [2.45, 2.75) is 32.6 Å². The number of nitrogens with one attached hydrogen (secondary N) is 1. The third-order valence-electron chi connectivity index (χ3n) is 4.57. The molecule has 0 radical (unpaired) electrons. The average Bonchev–Trinajstić information content (AvgIpc) is 2.71. The van der Waals surface area contributed by atoms with Crippen LogP contribution in [0.1, 0.15) is 32.6 Å². The fourth-order valence-corrected chi connectivity index (χ4v) is 3.04.